The van der Waals surface area contributed by atoms with Gasteiger partial charge in [-0.3, -0.25) is 0 Å². The van der Waals surface area contributed by atoms with E-state index < -0.39 is 0 Å². The number of nitrogens with one attached hydrogen (secondary N) is 1. The van der Waals surface area contributed by atoms with E-state index >= 15 is 0 Å². The Morgan fingerprint density at radius 3 is 2.74 bits per heavy atom. The van der Waals surface area contributed by atoms with Crippen LogP contribution in [-0.4, -0.2) is 41.0 Å². The minimum Gasteiger partial charge on any atom is -0.443 e. The van der Waals surface area contributed by atoms with Gasteiger partial charge in [0, 0.05) is 12.0 Å². The van der Waals surface area contributed by atoms with Crippen molar-refractivity contribution in [1.29, 1.82) is 0 Å². The molecule has 5 heteroatoms. The van der Waals surface area contributed by atoms with Crippen LogP contribution >= 0.6 is 0 Å². The van der Waals surface area contributed by atoms with E-state index in [9.17, 15) is 0 Å². The number of rotatable bonds is 6. The highest BCUT2D eigenvalue weighted by molar-refractivity contribution is 5.73. The molecular formula is C14H20N2O3. The second kappa shape index (κ2) is 5.69. The zero-order chi connectivity index (χ0) is 13.9. The van der Waals surface area contributed by atoms with Crippen molar-refractivity contribution in [2.75, 3.05) is 19.8 Å². The predicted molar refractivity (Wildman–Crippen MR) is 73.0 cm³/mol. The molecule has 0 bridgehead atoms. The van der Waals surface area contributed by atoms with E-state index in [4.69, 9.17) is 14.6 Å². The third-order valence-corrected chi connectivity index (χ3v) is 3.39. The van der Waals surface area contributed by atoms with Gasteiger partial charge in [-0.2, -0.15) is 0 Å². The lowest BCUT2D eigenvalue weighted by Crippen LogP contribution is -2.42. The quantitative estimate of drug-likeness (QED) is 0.727. The van der Waals surface area contributed by atoms with Crippen molar-refractivity contribution in [3.63, 3.8) is 0 Å². The van der Waals surface area contributed by atoms with E-state index in [-0.39, 0.29) is 24.7 Å². The van der Waals surface area contributed by atoms with Crippen LogP contribution in [0.25, 0.3) is 11.1 Å². The van der Waals surface area contributed by atoms with Crippen molar-refractivity contribution >= 4 is 11.1 Å². The lowest BCUT2D eigenvalue weighted by Gasteiger charge is -2.27. The summed E-state index contributed by atoms with van der Waals surface area (Å²) in [4.78, 5) is 4.09. The van der Waals surface area contributed by atoms with Gasteiger partial charge in [-0.05, 0) is 17.7 Å². The molecule has 0 saturated heterocycles. The van der Waals surface area contributed by atoms with Gasteiger partial charge >= 0.3 is 0 Å². The first-order chi connectivity index (χ1) is 9.06. The maximum absolute atomic E-state index is 9.06. The summed E-state index contributed by atoms with van der Waals surface area (Å²) in [6, 6.07) is 5.66. The highest BCUT2D eigenvalue weighted by Gasteiger charge is 2.22. The molecule has 0 aliphatic rings. The van der Waals surface area contributed by atoms with Crippen LogP contribution in [-0.2, 0) is 5.41 Å². The highest BCUT2D eigenvalue weighted by Crippen LogP contribution is 2.25. The average Bonchev–Trinajstić information content (AvgIpc) is 2.87. The summed E-state index contributed by atoms with van der Waals surface area (Å²) in [5, 5.41) is 21.3. The summed E-state index contributed by atoms with van der Waals surface area (Å²) in [7, 11) is 0. The third kappa shape index (κ3) is 3.12. The fraction of sp³-hybridized carbons (Fsp3) is 0.500. The molecule has 2 aromatic rings. The molecule has 19 heavy (non-hydrogen) atoms. The molecule has 0 amide bonds. The molecule has 0 unspecified atom stereocenters. The van der Waals surface area contributed by atoms with Crippen LogP contribution < -0.4 is 5.32 Å². The van der Waals surface area contributed by atoms with E-state index in [2.05, 4.69) is 24.1 Å². The molecule has 104 valence electrons. The van der Waals surface area contributed by atoms with Gasteiger partial charge in [0.2, 0.25) is 0 Å². The molecule has 3 N–H and O–H groups in total. The Balaban J connectivity index is 2.13. The van der Waals surface area contributed by atoms with E-state index in [0.717, 1.165) is 16.7 Å². The second-order valence-corrected chi connectivity index (χ2v) is 5.36. The van der Waals surface area contributed by atoms with Crippen molar-refractivity contribution in [2.24, 2.45) is 0 Å². The number of hydrogen-bond acceptors (Lipinski definition) is 5. The van der Waals surface area contributed by atoms with Crippen molar-refractivity contribution in [3.05, 3.63) is 30.2 Å². The number of hydrogen-bond donors (Lipinski definition) is 3. The van der Waals surface area contributed by atoms with Crippen LogP contribution in [0.5, 0.6) is 0 Å². The Hall–Kier alpha value is -1.43. The van der Waals surface area contributed by atoms with Crippen LogP contribution in [0.2, 0.25) is 0 Å². The first kappa shape index (κ1) is 14.0. The van der Waals surface area contributed by atoms with Crippen LogP contribution in [0.15, 0.2) is 29.0 Å². The molecule has 5 nitrogen and oxygen atoms in total. The fourth-order valence-electron chi connectivity index (χ4n) is 1.96. The van der Waals surface area contributed by atoms with E-state index in [1.807, 2.05) is 18.2 Å². The Morgan fingerprint density at radius 1 is 1.32 bits per heavy atom. The molecule has 0 aliphatic carbocycles. The van der Waals surface area contributed by atoms with Gasteiger partial charge < -0.3 is 19.9 Å². The number of nitrogens with zero attached hydrogens (tertiary/aromatic N) is 1. The summed E-state index contributed by atoms with van der Waals surface area (Å²) in [5.74, 6) is 0. The van der Waals surface area contributed by atoms with Crippen LogP contribution in [0, 0.1) is 0 Å². The molecule has 1 aromatic carbocycles. The van der Waals surface area contributed by atoms with E-state index in [1.165, 1.54) is 6.39 Å². The number of aliphatic hydroxyl groups is 2. The minimum absolute atomic E-state index is 0.0757. The normalized spacial score (nSPS) is 12.5. The van der Waals surface area contributed by atoms with Crippen molar-refractivity contribution < 1.29 is 14.6 Å². The summed E-state index contributed by atoms with van der Waals surface area (Å²) in [5.41, 5.74) is 2.60. The number of benzene rings is 1. The van der Waals surface area contributed by atoms with E-state index in [0.29, 0.717) is 6.54 Å². The molecule has 0 aliphatic heterocycles. The van der Waals surface area contributed by atoms with Crippen LogP contribution in [0.4, 0.5) is 0 Å². The van der Waals surface area contributed by atoms with Gasteiger partial charge in [0.15, 0.2) is 12.0 Å². The summed E-state index contributed by atoms with van der Waals surface area (Å²) in [6.45, 7) is 4.70. The Bertz CT molecular complexity index is 532. The molecule has 1 heterocycles. The monoisotopic (exact) mass is 264 g/mol. The molecular weight excluding hydrogens is 244 g/mol. The first-order valence-corrected chi connectivity index (χ1v) is 6.35. The molecule has 2 rings (SSSR count). The molecule has 0 atom stereocenters. The minimum atomic E-state index is -0.284. The standard InChI is InChI=1S/C14H20N2O3/c1-14(2,8-15-11(6-17)7-18)10-3-4-12-13(5-10)19-9-16-12/h3-5,9,11,15,17-18H,6-8H2,1-2H3. The molecule has 0 fully saturated rings. The Morgan fingerprint density at radius 2 is 2.05 bits per heavy atom. The topological polar surface area (TPSA) is 78.5 Å². The molecule has 0 spiro atoms. The Kier molecular flexibility index (Phi) is 4.19. The fourth-order valence-corrected chi connectivity index (χ4v) is 1.96. The summed E-state index contributed by atoms with van der Waals surface area (Å²) >= 11 is 0. The lowest BCUT2D eigenvalue weighted by molar-refractivity contribution is 0.166. The number of aliphatic hydroxyl groups excluding tert-OH is 2. The molecule has 1 aromatic heterocycles. The highest BCUT2D eigenvalue weighted by atomic mass is 16.3. The SMILES string of the molecule is CC(C)(CNC(CO)CO)c1ccc2ncoc2c1. The predicted octanol–water partition coefficient (Wildman–Crippen LogP) is 1.05. The summed E-state index contributed by atoms with van der Waals surface area (Å²) in [6.07, 6.45) is 1.44. The summed E-state index contributed by atoms with van der Waals surface area (Å²) < 4.78 is 5.31. The number of fused-ring (bicyclic) bond motifs is 1. The maximum Gasteiger partial charge on any atom is 0.181 e. The largest absolute Gasteiger partial charge is 0.443 e. The third-order valence-electron chi connectivity index (χ3n) is 3.39. The smallest absolute Gasteiger partial charge is 0.181 e. The van der Waals surface area contributed by atoms with Gasteiger partial charge in [-0.1, -0.05) is 19.9 Å². The second-order valence-electron chi connectivity index (χ2n) is 5.36. The molecule has 0 saturated carbocycles. The van der Waals surface area contributed by atoms with Crippen LogP contribution in [0.1, 0.15) is 19.4 Å². The number of aromatic nitrogens is 1. The van der Waals surface area contributed by atoms with Gasteiger partial charge in [-0.25, -0.2) is 4.98 Å². The zero-order valence-electron chi connectivity index (χ0n) is 11.3. The molecule has 0 radical (unpaired) electrons. The first-order valence-electron chi connectivity index (χ1n) is 6.35. The van der Waals surface area contributed by atoms with Gasteiger partial charge in [0.05, 0.1) is 19.3 Å². The van der Waals surface area contributed by atoms with Crippen LogP contribution in [0.3, 0.4) is 0 Å². The zero-order valence-corrected chi connectivity index (χ0v) is 11.3. The van der Waals surface area contributed by atoms with E-state index in [1.54, 1.807) is 0 Å². The lowest BCUT2D eigenvalue weighted by atomic mass is 9.84. The van der Waals surface area contributed by atoms with Crippen molar-refractivity contribution in [2.45, 2.75) is 25.3 Å². The average molecular weight is 264 g/mol. The van der Waals surface area contributed by atoms with Crippen molar-refractivity contribution in [1.82, 2.24) is 10.3 Å². The maximum atomic E-state index is 9.06. The van der Waals surface area contributed by atoms with Gasteiger partial charge in [0.1, 0.15) is 5.52 Å². The Labute approximate surface area is 112 Å². The van der Waals surface area contributed by atoms with Gasteiger partial charge in [0.25, 0.3) is 0 Å². The van der Waals surface area contributed by atoms with Gasteiger partial charge in [-0.15, -0.1) is 0 Å². The van der Waals surface area contributed by atoms with Crippen molar-refractivity contribution in [3.8, 4) is 0 Å². The number of oxazole rings is 1.